The molecule has 0 unspecified atom stereocenters. The molecule has 1 heterocycles. The molecule has 1 aliphatic carbocycles. The van der Waals surface area contributed by atoms with Crippen LogP contribution in [0, 0.1) is 0 Å². The van der Waals surface area contributed by atoms with Gasteiger partial charge in [-0.1, -0.05) is 48.5 Å². The van der Waals surface area contributed by atoms with Crippen molar-refractivity contribution in [3.05, 3.63) is 89.1 Å². The van der Waals surface area contributed by atoms with Gasteiger partial charge in [-0.2, -0.15) is 0 Å². The van der Waals surface area contributed by atoms with Gasteiger partial charge in [0, 0.05) is 57.1 Å². The topological polar surface area (TPSA) is 55.8 Å². The first kappa shape index (κ1) is 26.9. The van der Waals surface area contributed by atoms with E-state index >= 15 is 0 Å². The predicted molar refractivity (Wildman–Crippen MR) is 154 cm³/mol. The molecule has 0 radical (unpaired) electrons. The normalized spacial score (nSPS) is 17.3. The number of hydrogen-bond donors (Lipinski definition) is 2. The number of nitrogens with zero attached hydrogens (tertiary/aromatic N) is 2. The minimum atomic E-state index is -0.0710. The maximum atomic E-state index is 11.5. The summed E-state index contributed by atoms with van der Waals surface area (Å²) < 4.78 is 0. The summed E-state index contributed by atoms with van der Waals surface area (Å²) in [6.45, 7) is 10.7. The van der Waals surface area contributed by atoms with Crippen molar-refractivity contribution in [1.29, 1.82) is 0 Å². The number of allylic oxidation sites excluding steroid dienone is 6. The van der Waals surface area contributed by atoms with Gasteiger partial charge in [0.15, 0.2) is 0 Å². The van der Waals surface area contributed by atoms with E-state index in [2.05, 4.69) is 77.5 Å². The molecule has 4 rings (SSSR count). The van der Waals surface area contributed by atoms with E-state index in [1.807, 2.05) is 18.2 Å². The van der Waals surface area contributed by atoms with Gasteiger partial charge in [0.1, 0.15) is 0 Å². The third-order valence-corrected chi connectivity index (χ3v) is 7.40. The maximum Gasteiger partial charge on any atom is 0.221 e. The van der Waals surface area contributed by atoms with Crippen molar-refractivity contribution in [1.82, 2.24) is 9.80 Å². The maximum absolute atomic E-state index is 11.5. The van der Waals surface area contributed by atoms with Gasteiger partial charge >= 0.3 is 0 Å². The van der Waals surface area contributed by atoms with E-state index in [9.17, 15) is 9.90 Å². The second-order valence-electron chi connectivity index (χ2n) is 10.3. The van der Waals surface area contributed by atoms with Crippen LogP contribution in [-0.4, -0.2) is 59.6 Å². The highest BCUT2D eigenvalue weighted by Crippen LogP contribution is 2.39. The first-order valence-corrected chi connectivity index (χ1v) is 13.6. The van der Waals surface area contributed by atoms with Gasteiger partial charge in [-0.3, -0.25) is 9.69 Å². The molecule has 2 N–H and O–H groups in total. The minimum Gasteiger partial charge on any atom is -0.396 e. The van der Waals surface area contributed by atoms with Crippen molar-refractivity contribution >= 4 is 22.7 Å². The Bertz CT molecular complexity index is 1140. The Balaban J connectivity index is 1.71. The van der Waals surface area contributed by atoms with Gasteiger partial charge in [0.2, 0.25) is 5.91 Å². The summed E-state index contributed by atoms with van der Waals surface area (Å²) in [5.41, 5.74) is 8.40. The van der Waals surface area contributed by atoms with Crippen LogP contribution >= 0.6 is 0 Å². The van der Waals surface area contributed by atoms with Gasteiger partial charge in [0.25, 0.3) is 0 Å². The molecule has 0 atom stereocenters. The van der Waals surface area contributed by atoms with Crippen molar-refractivity contribution in [2.24, 2.45) is 0 Å². The monoisotopic (exact) mass is 499 g/mol. The summed E-state index contributed by atoms with van der Waals surface area (Å²) in [7, 11) is 0. The number of anilines is 1. The first-order chi connectivity index (χ1) is 18.0. The number of piperazine rings is 1. The fraction of sp³-hybridized carbons (Fsp3) is 0.406. The fourth-order valence-corrected chi connectivity index (χ4v) is 5.41. The fourth-order valence-electron chi connectivity index (χ4n) is 5.41. The van der Waals surface area contributed by atoms with Gasteiger partial charge in [-0.05, 0) is 85.6 Å². The molecule has 0 saturated carbocycles. The van der Waals surface area contributed by atoms with Gasteiger partial charge in [0.05, 0.1) is 0 Å². The Labute approximate surface area is 222 Å². The SMILES string of the molecule is CC(=O)Nc1ccc(/C(C2=CC=C(N3CCN(C(C)C)CC3)CC2)=C(\CCCO)c2ccccc2)cc1. The molecular weight excluding hydrogens is 458 g/mol. The zero-order chi connectivity index (χ0) is 26.2. The van der Waals surface area contributed by atoms with Gasteiger partial charge in [-0.15, -0.1) is 0 Å². The second kappa shape index (κ2) is 12.9. The lowest BCUT2D eigenvalue weighted by atomic mass is 9.83. The highest BCUT2D eigenvalue weighted by molar-refractivity contribution is 5.99. The Kier molecular flexibility index (Phi) is 9.37. The van der Waals surface area contributed by atoms with Crippen molar-refractivity contribution in [3.8, 4) is 0 Å². The number of aliphatic hydroxyl groups excluding tert-OH is 1. The van der Waals surface area contributed by atoms with E-state index in [1.165, 1.54) is 34.9 Å². The number of aliphatic hydroxyl groups is 1. The summed E-state index contributed by atoms with van der Waals surface area (Å²) in [6, 6.07) is 19.3. The average molecular weight is 500 g/mol. The van der Waals surface area contributed by atoms with Crippen molar-refractivity contribution in [2.75, 3.05) is 38.1 Å². The van der Waals surface area contributed by atoms with E-state index in [1.54, 1.807) is 0 Å². The van der Waals surface area contributed by atoms with E-state index in [0.717, 1.165) is 56.7 Å². The molecule has 2 aliphatic rings. The standard InChI is InChI=1S/C32H41N3O2/c1-24(2)34-19-21-35(22-20-34)30-17-13-28(14-18-30)32(27-11-15-29(16-12-27)33-25(3)37)31(10-7-23-36)26-8-5-4-6-9-26/h4-6,8-9,11-13,15-17,24,36H,7,10,14,18-23H2,1-3H3,(H,33,37)/b32-31-. The zero-order valence-electron chi connectivity index (χ0n) is 22.5. The molecular formula is C32H41N3O2. The molecule has 196 valence electrons. The van der Waals surface area contributed by atoms with Crippen LogP contribution in [0.4, 0.5) is 5.69 Å². The molecule has 5 nitrogen and oxygen atoms in total. The summed E-state index contributed by atoms with van der Waals surface area (Å²) >= 11 is 0. The van der Waals surface area contributed by atoms with Crippen LogP contribution in [0.25, 0.3) is 11.1 Å². The van der Waals surface area contributed by atoms with Crippen LogP contribution in [0.5, 0.6) is 0 Å². The number of carbonyl (C=O) groups is 1. The third kappa shape index (κ3) is 7.00. The minimum absolute atomic E-state index is 0.0710. The van der Waals surface area contributed by atoms with E-state index in [-0.39, 0.29) is 12.5 Å². The Morgan fingerprint density at radius 2 is 1.62 bits per heavy atom. The third-order valence-electron chi connectivity index (χ3n) is 7.40. The molecule has 1 fully saturated rings. The summed E-state index contributed by atoms with van der Waals surface area (Å²) in [5.74, 6) is -0.0710. The quantitative estimate of drug-likeness (QED) is 0.418. The molecule has 2 aromatic rings. The van der Waals surface area contributed by atoms with Crippen molar-refractivity contribution < 1.29 is 9.90 Å². The summed E-state index contributed by atoms with van der Waals surface area (Å²) in [4.78, 5) is 16.6. The van der Waals surface area contributed by atoms with E-state index < -0.39 is 0 Å². The second-order valence-corrected chi connectivity index (χ2v) is 10.3. The average Bonchev–Trinajstić information content (AvgIpc) is 2.92. The van der Waals surface area contributed by atoms with Crippen molar-refractivity contribution in [3.63, 3.8) is 0 Å². The molecule has 0 aromatic heterocycles. The number of carbonyl (C=O) groups excluding carboxylic acids is 1. The molecule has 37 heavy (non-hydrogen) atoms. The highest BCUT2D eigenvalue weighted by atomic mass is 16.2. The lowest BCUT2D eigenvalue weighted by Gasteiger charge is -2.40. The van der Waals surface area contributed by atoms with Crippen LogP contribution in [0.1, 0.15) is 57.6 Å². The lowest BCUT2D eigenvalue weighted by Crippen LogP contribution is -2.48. The van der Waals surface area contributed by atoms with Crippen LogP contribution in [-0.2, 0) is 4.79 Å². The molecule has 0 spiro atoms. The zero-order valence-corrected chi connectivity index (χ0v) is 22.5. The van der Waals surface area contributed by atoms with Crippen LogP contribution in [0.3, 0.4) is 0 Å². The molecule has 2 aromatic carbocycles. The first-order valence-electron chi connectivity index (χ1n) is 13.6. The number of hydrogen-bond acceptors (Lipinski definition) is 4. The summed E-state index contributed by atoms with van der Waals surface area (Å²) in [6.07, 6.45) is 8.16. The molecule has 0 bridgehead atoms. The molecule has 1 amide bonds. The largest absolute Gasteiger partial charge is 0.396 e. The Hall–Kier alpha value is -3.15. The van der Waals surface area contributed by atoms with Crippen LogP contribution in [0.15, 0.2) is 78.0 Å². The van der Waals surface area contributed by atoms with Crippen LogP contribution < -0.4 is 5.32 Å². The van der Waals surface area contributed by atoms with Gasteiger partial charge < -0.3 is 15.3 Å². The Morgan fingerprint density at radius 1 is 0.919 bits per heavy atom. The highest BCUT2D eigenvalue weighted by Gasteiger charge is 2.23. The summed E-state index contributed by atoms with van der Waals surface area (Å²) in [5, 5.41) is 12.6. The van der Waals surface area contributed by atoms with E-state index in [4.69, 9.17) is 0 Å². The van der Waals surface area contributed by atoms with Crippen molar-refractivity contribution in [2.45, 2.75) is 52.5 Å². The number of amides is 1. The number of benzene rings is 2. The number of rotatable bonds is 9. The molecule has 5 heteroatoms. The molecule has 1 saturated heterocycles. The Morgan fingerprint density at radius 3 is 2.19 bits per heavy atom. The number of nitrogens with one attached hydrogen (secondary N) is 1. The predicted octanol–water partition coefficient (Wildman–Crippen LogP) is 5.96. The van der Waals surface area contributed by atoms with Crippen LogP contribution in [0.2, 0.25) is 0 Å². The van der Waals surface area contributed by atoms with Gasteiger partial charge in [-0.25, -0.2) is 0 Å². The molecule has 1 aliphatic heterocycles. The smallest absolute Gasteiger partial charge is 0.221 e. The lowest BCUT2D eigenvalue weighted by molar-refractivity contribution is -0.114. The van der Waals surface area contributed by atoms with E-state index in [0.29, 0.717) is 12.5 Å².